The van der Waals surface area contributed by atoms with Crippen molar-refractivity contribution in [2.24, 2.45) is 5.10 Å². The number of hydrogen-bond donors (Lipinski definition) is 2. The van der Waals surface area contributed by atoms with Crippen LogP contribution in [0.1, 0.15) is 23.6 Å². The summed E-state index contributed by atoms with van der Waals surface area (Å²) in [5.74, 6) is 0.859. The van der Waals surface area contributed by atoms with Gasteiger partial charge in [-0.2, -0.15) is 10.4 Å². The maximum absolute atomic E-state index is 13.1. The van der Waals surface area contributed by atoms with Gasteiger partial charge in [0, 0.05) is 5.56 Å². The molecule has 0 unspecified atom stereocenters. The second-order valence-electron chi connectivity index (χ2n) is 7.54. The molecule has 8 nitrogen and oxygen atoms in total. The molecule has 36 heavy (non-hydrogen) atoms. The molecular formula is C27H22FN5O3. The second-order valence-corrected chi connectivity index (χ2v) is 7.54. The molecule has 0 fully saturated rings. The van der Waals surface area contributed by atoms with E-state index in [4.69, 9.17) is 9.47 Å². The van der Waals surface area contributed by atoms with Crippen LogP contribution < -0.4 is 20.5 Å². The van der Waals surface area contributed by atoms with Gasteiger partial charge in [0.05, 0.1) is 18.5 Å². The Morgan fingerprint density at radius 2 is 1.86 bits per heavy atom. The number of H-pyrrole nitrogens is 1. The van der Waals surface area contributed by atoms with Gasteiger partial charge in [-0.3, -0.25) is 9.78 Å². The van der Waals surface area contributed by atoms with Crippen molar-refractivity contribution in [2.45, 2.75) is 13.5 Å². The summed E-state index contributed by atoms with van der Waals surface area (Å²) in [6, 6.07) is 22.3. The number of anilines is 1. The number of halogens is 1. The lowest BCUT2D eigenvalue weighted by molar-refractivity contribution is 0.269. The number of nitrogens with zero attached hydrogens (tertiary/aromatic N) is 3. The minimum atomic E-state index is -0.564. The van der Waals surface area contributed by atoms with Crippen molar-refractivity contribution >= 4 is 12.2 Å². The third kappa shape index (κ3) is 5.93. The zero-order valence-electron chi connectivity index (χ0n) is 19.4. The van der Waals surface area contributed by atoms with E-state index in [0.717, 1.165) is 5.56 Å². The summed E-state index contributed by atoms with van der Waals surface area (Å²) in [7, 11) is 0. The van der Waals surface area contributed by atoms with Gasteiger partial charge in [-0.25, -0.2) is 14.8 Å². The van der Waals surface area contributed by atoms with Crippen molar-refractivity contribution < 1.29 is 13.9 Å². The largest absolute Gasteiger partial charge is 0.490 e. The van der Waals surface area contributed by atoms with E-state index in [1.165, 1.54) is 18.3 Å². The highest BCUT2D eigenvalue weighted by atomic mass is 19.1. The van der Waals surface area contributed by atoms with Gasteiger partial charge < -0.3 is 9.47 Å². The van der Waals surface area contributed by atoms with Gasteiger partial charge in [-0.05, 0) is 48.4 Å². The number of rotatable bonds is 9. The SMILES string of the molecule is CCOc1cc(C=NNc2nc(-c3ccccc3)c(C#N)c(=O)[nH]2)ccc1OCc1ccc(F)cc1. The number of benzene rings is 3. The smallest absolute Gasteiger partial charge is 0.270 e. The summed E-state index contributed by atoms with van der Waals surface area (Å²) in [5.41, 5.74) is 4.51. The van der Waals surface area contributed by atoms with Gasteiger partial charge >= 0.3 is 0 Å². The summed E-state index contributed by atoms with van der Waals surface area (Å²) in [5, 5.41) is 13.5. The fraction of sp³-hybridized carbons (Fsp3) is 0.111. The minimum Gasteiger partial charge on any atom is -0.490 e. The van der Waals surface area contributed by atoms with Crippen LogP contribution in [0.5, 0.6) is 11.5 Å². The monoisotopic (exact) mass is 483 g/mol. The van der Waals surface area contributed by atoms with Crippen LogP contribution in [0.3, 0.4) is 0 Å². The van der Waals surface area contributed by atoms with Gasteiger partial charge in [-0.15, -0.1) is 0 Å². The number of hydrazone groups is 1. The van der Waals surface area contributed by atoms with Crippen LogP contribution in [0, 0.1) is 17.1 Å². The average Bonchev–Trinajstić information content (AvgIpc) is 2.89. The first-order chi connectivity index (χ1) is 17.6. The Morgan fingerprint density at radius 3 is 2.58 bits per heavy atom. The molecule has 0 aliphatic rings. The molecule has 0 amide bonds. The lowest BCUT2D eigenvalue weighted by atomic mass is 10.1. The molecule has 0 saturated heterocycles. The fourth-order valence-corrected chi connectivity index (χ4v) is 3.34. The molecule has 9 heteroatoms. The third-order valence-electron chi connectivity index (χ3n) is 5.04. The summed E-state index contributed by atoms with van der Waals surface area (Å²) in [6.07, 6.45) is 1.53. The van der Waals surface area contributed by atoms with Crippen LogP contribution in [-0.4, -0.2) is 22.8 Å². The lowest BCUT2D eigenvalue weighted by Gasteiger charge is -2.12. The van der Waals surface area contributed by atoms with E-state index >= 15 is 0 Å². The van der Waals surface area contributed by atoms with E-state index in [0.29, 0.717) is 29.2 Å². The third-order valence-corrected chi connectivity index (χ3v) is 5.04. The zero-order valence-corrected chi connectivity index (χ0v) is 19.4. The molecule has 4 rings (SSSR count). The van der Waals surface area contributed by atoms with Crippen LogP contribution in [0.25, 0.3) is 11.3 Å². The molecule has 0 aliphatic heterocycles. The maximum atomic E-state index is 13.1. The van der Waals surface area contributed by atoms with E-state index in [2.05, 4.69) is 20.5 Å². The molecular weight excluding hydrogens is 461 g/mol. The second kappa shape index (κ2) is 11.4. The number of aromatic nitrogens is 2. The minimum absolute atomic E-state index is 0.0756. The molecule has 2 N–H and O–H groups in total. The van der Waals surface area contributed by atoms with E-state index < -0.39 is 5.56 Å². The highest BCUT2D eigenvalue weighted by Gasteiger charge is 2.13. The van der Waals surface area contributed by atoms with Crippen molar-refractivity contribution in [1.82, 2.24) is 9.97 Å². The van der Waals surface area contributed by atoms with Crippen LogP contribution in [0.15, 0.2) is 82.7 Å². The van der Waals surface area contributed by atoms with Crippen molar-refractivity contribution in [1.29, 1.82) is 5.26 Å². The molecule has 3 aromatic carbocycles. The van der Waals surface area contributed by atoms with Crippen LogP contribution in [0.4, 0.5) is 10.3 Å². The predicted octanol–water partition coefficient (Wildman–Crippen LogP) is 4.87. The average molecular weight is 484 g/mol. The summed E-state index contributed by atoms with van der Waals surface area (Å²) in [4.78, 5) is 19.2. The Labute approximate surface area is 206 Å². The number of aromatic amines is 1. The standard InChI is InChI=1S/C27H22FN5O3/c1-2-35-24-14-19(10-13-23(24)36-17-18-8-11-21(28)12-9-18)16-30-33-27-31-25(20-6-4-3-5-7-20)22(15-29)26(34)32-27/h3-14,16H,2,17H2,1H3,(H2,31,32,33,34). The summed E-state index contributed by atoms with van der Waals surface area (Å²) < 4.78 is 24.7. The van der Waals surface area contributed by atoms with E-state index in [1.54, 1.807) is 54.6 Å². The molecule has 0 aliphatic carbocycles. The first kappa shape index (κ1) is 24.2. The Morgan fingerprint density at radius 1 is 1.08 bits per heavy atom. The Balaban J connectivity index is 1.50. The molecule has 1 aromatic heterocycles. The molecule has 0 spiro atoms. The number of nitriles is 1. The zero-order chi connectivity index (χ0) is 25.3. The normalized spacial score (nSPS) is 10.7. The highest BCUT2D eigenvalue weighted by Crippen LogP contribution is 2.29. The van der Waals surface area contributed by atoms with E-state index in [9.17, 15) is 14.4 Å². The van der Waals surface area contributed by atoms with Crippen LogP contribution in [-0.2, 0) is 6.61 Å². The molecule has 0 bridgehead atoms. The number of hydrogen-bond acceptors (Lipinski definition) is 7. The van der Waals surface area contributed by atoms with Crippen molar-refractivity contribution in [3.8, 4) is 28.8 Å². The maximum Gasteiger partial charge on any atom is 0.270 e. The van der Waals surface area contributed by atoms with Crippen molar-refractivity contribution in [3.63, 3.8) is 0 Å². The molecule has 0 atom stereocenters. The Hall–Kier alpha value is -4.97. The van der Waals surface area contributed by atoms with Crippen molar-refractivity contribution in [2.75, 3.05) is 12.0 Å². The van der Waals surface area contributed by atoms with Gasteiger partial charge in [0.15, 0.2) is 11.5 Å². The number of ether oxygens (including phenoxy) is 2. The summed E-state index contributed by atoms with van der Waals surface area (Å²) >= 11 is 0. The molecule has 0 radical (unpaired) electrons. The fourth-order valence-electron chi connectivity index (χ4n) is 3.34. The van der Waals surface area contributed by atoms with Crippen molar-refractivity contribution in [3.05, 3.63) is 106 Å². The van der Waals surface area contributed by atoms with E-state index in [-0.39, 0.29) is 29.6 Å². The van der Waals surface area contributed by atoms with Crippen LogP contribution in [0.2, 0.25) is 0 Å². The molecule has 0 saturated carbocycles. The first-order valence-corrected chi connectivity index (χ1v) is 11.1. The highest BCUT2D eigenvalue weighted by molar-refractivity contribution is 5.81. The summed E-state index contributed by atoms with van der Waals surface area (Å²) in [6.45, 7) is 2.56. The molecule has 180 valence electrons. The van der Waals surface area contributed by atoms with E-state index in [1.807, 2.05) is 19.1 Å². The topological polar surface area (TPSA) is 112 Å². The van der Waals surface area contributed by atoms with Gasteiger partial charge in [0.1, 0.15) is 24.1 Å². The Bertz CT molecular complexity index is 1460. The quantitative estimate of drug-likeness (QED) is 0.259. The molecule has 1 heterocycles. The van der Waals surface area contributed by atoms with Gasteiger partial charge in [0.2, 0.25) is 5.95 Å². The predicted molar refractivity (Wildman–Crippen MR) is 135 cm³/mol. The van der Waals surface area contributed by atoms with Gasteiger partial charge in [-0.1, -0.05) is 42.5 Å². The van der Waals surface area contributed by atoms with Gasteiger partial charge in [0.25, 0.3) is 5.56 Å². The van der Waals surface area contributed by atoms with Crippen LogP contribution >= 0.6 is 0 Å². The lowest BCUT2D eigenvalue weighted by Crippen LogP contribution is -2.16. The molecule has 4 aromatic rings. The Kier molecular flexibility index (Phi) is 7.68. The number of nitrogens with one attached hydrogen (secondary N) is 2. The first-order valence-electron chi connectivity index (χ1n) is 11.1.